The fourth-order valence-corrected chi connectivity index (χ4v) is 5.16. The highest BCUT2D eigenvalue weighted by Crippen LogP contribution is 2.38. The number of nitrogens with one attached hydrogen (secondary N) is 1. The van der Waals surface area contributed by atoms with E-state index >= 15 is 0 Å². The van der Waals surface area contributed by atoms with Crippen molar-refractivity contribution in [2.24, 2.45) is 0 Å². The molecule has 0 fully saturated rings. The largest absolute Gasteiger partial charge is 0.476 e. The van der Waals surface area contributed by atoms with Gasteiger partial charge in [-0.15, -0.1) is 0 Å². The third-order valence-electron chi connectivity index (χ3n) is 5.32. The molecule has 172 valence electrons. The topological polar surface area (TPSA) is 75.7 Å². The Hall–Kier alpha value is -3.10. The maximum atomic E-state index is 13.4. The summed E-state index contributed by atoms with van der Waals surface area (Å²) in [5.74, 6) is -0.520. The number of carbonyl (C=O) groups is 1. The highest BCUT2D eigenvalue weighted by molar-refractivity contribution is 7.92. The number of carbonyl (C=O) groups excluding carboxylic acids is 1. The molecule has 0 saturated heterocycles. The summed E-state index contributed by atoms with van der Waals surface area (Å²) in [6.07, 6.45) is -0.553. The van der Waals surface area contributed by atoms with E-state index in [0.29, 0.717) is 18.0 Å². The molecule has 0 aliphatic carbocycles. The zero-order valence-corrected chi connectivity index (χ0v) is 19.4. The zero-order chi connectivity index (χ0) is 23.6. The molecule has 1 amide bonds. The first-order valence-corrected chi connectivity index (χ1v) is 12.1. The number of hydrogen-bond acceptors (Lipinski definition) is 4. The van der Waals surface area contributed by atoms with Gasteiger partial charge in [-0.2, -0.15) is 0 Å². The van der Waals surface area contributed by atoms with E-state index in [9.17, 15) is 17.6 Å². The molecule has 3 aromatic carbocycles. The van der Waals surface area contributed by atoms with E-state index in [0.717, 1.165) is 15.4 Å². The smallest absolute Gasteiger partial charge is 0.264 e. The SMILES string of the molecule is Cc1ccc(S(=O)(=O)N2CC(C(=O)NCCc3ccc(F)cc3)Oc3ccc(Cl)cc32)cc1. The summed E-state index contributed by atoms with van der Waals surface area (Å²) in [6, 6.07) is 17.1. The van der Waals surface area contributed by atoms with Crippen LogP contribution in [0.4, 0.5) is 10.1 Å². The second-order valence-corrected chi connectivity index (χ2v) is 10.0. The minimum absolute atomic E-state index is 0.108. The number of rotatable bonds is 6. The molecule has 3 aromatic rings. The van der Waals surface area contributed by atoms with Gasteiger partial charge in [0.05, 0.1) is 17.1 Å². The number of benzene rings is 3. The molecule has 1 heterocycles. The van der Waals surface area contributed by atoms with Gasteiger partial charge in [-0.05, 0) is 61.4 Å². The number of halogens is 2. The predicted octanol–water partition coefficient (Wildman–Crippen LogP) is 4.10. The third-order valence-corrected chi connectivity index (χ3v) is 7.35. The van der Waals surface area contributed by atoms with Crippen LogP contribution in [-0.2, 0) is 21.2 Å². The predicted molar refractivity (Wildman–Crippen MR) is 125 cm³/mol. The van der Waals surface area contributed by atoms with Crippen molar-refractivity contribution in [2.75, 3.05) is 17.4 Å². The van der Waals surface area contributed by atoms with E-state index in [2.05, 4.69) is 5.32 Å². The van der Waals surface area contributed by atoms with Crippen LogP contribution in [0.5, 0.6) is 5.75 Å². The fourth-order valence-electron chi connectivity index (χ4n) is 3.52. The van der Waals surface area contributed by atoms with Crippen molar-refractivity contribution in [1.29, 1.82) is 0 Å². The van der Waals surface area contributed by atoms with Crippen LogP contribution in [0.25, 0.3) is 0 Å². The lowest BCUT2D eigenvalue weighted by Gasteiger charge is -2.35. The first kappa shape index (κ1) is 23.1. The van der Waals surface area contributed by atoms with Crippen molar-refractivity contribution < 1.29 is 22.3 Å². The standard InChI is InChI=1S/C24H22ClFN2O4S/c1-16-2-9-20(10-3-16)33(30,31)28-15-23(32-22-11-6-18(25)14-21(22)28)24(29)27-13-12-17-4-7-19(26)8-5-17/h2-11,14,23H,12-13,15H2,1H3,(H,27,29). The van der Waals surface area contributed by atoms with Crippen LogP contribution < -0.4 is 14.4 Å². The van der Waals surface area contributed by atoms with Crippen molar-refractivity contribution >= 4 is 33.2 Å². The molecule has 0 aromatic heterocycles. The molecule has 1 aliphatic heterocycles. The van der Waals surface area contributed by atoms with Gasteiger partial charge in [0.2, 0.25) is 0 Å². The van der Waals surface area contributed by atoms with Gasteiger partial charge in [0, 0.05) is 11.6 Å². The van der Waals surface area contributed by atoms with Crippen LogP contribution in [0.15, 0.2) is 71.6 Å². The van der Waals surface area contributed by atoms with Crippen molar-refractivity contribution in [1.82, 2.24) is 5.32 Å². The summed E-state index contributed by atoms with van der Waals surface area (Å²) in [5.41, 5.74) is 2.07. The van der Waals surface area contributed by atoms with E-state index in [1.807, 2.05) is 6.92 Å². The van der Waals surface area contributed by atoms with Gasteiger partial charge in [0.25, 0.3) is 15.9 Å². The second kappa shape index (κ2) is 9.41. The Kier molecular flexibility index (Phi) is 6.58. The van der Waals surface area contributed by atoms with Gasteiger partial charge in [0.1, 0.15) is 11.6 Å². The molecule has 0 bridgehead atoms. The van der Waals surface area contributed by atoms with Gasteiger partial charge in [-0.1, -0.05) is 41.4 Å². The van der Waals surface area contributed by atoms with E-state index in [4.69, 9.17) is 16.3 Å². The maximum Gasteiger partial charge on any atom is 0.264 e. The molecular formula is C24H22ClFN2O4S. The molecule has 1 unspecified atom stereocenters. The van der Waals surface area contributed by atoms with Crippen LogP contribution >= 0.6 is 11.6 Å². The number of sulfonamides is 1. The number of ether oxygens (including phenoxy) is 1. The lowest BCUT2D eigenvalue weighted by molar-refractivity contribution is -0.127. The van der Waals surface area contributed by atoms with Crippen LogP contribution in [-0.4, -0.2) is 33.5 Å². The summed E-state index contributed by atoms with van der Waals surface area (Å²) in [5, 5.41) is 3.12. The average molecular weight is 489 g/mol. The first-order valence-electron chi connectivity index (χ1n) is 10.3. The first-order chi connectivity index (χ1) is 15.7. The number of hydrogen-bond donors (Lipinski definition) is 1. The quantitative estimate of drug-likeness (QED) is 0.566. The number of amides is 1. The third kappa shape index (κ3) is 5.12. The van der Waals surface area contributed by atoms with Gasteiger partial charge in [-0.3, -0.25) is 9.10 Å². The lowest BCUT2D eigenvalue weighted by Crippen LogP contribution is -2.51. The summed E-state index contributed by atoms with van der Waals surface area (Å²) in [7, 11) is -3.96. The van der Waals surface area contributed by atoms with Gasteiger partial charge < -0.3 is 10.1 Å². The van der Waals surface area contributed by atoms with Crippen molar-refractivity contribution in [2.45, 2.75) is 24.3 Å². The Bertz CT molecular complexity index is 1260. The minimum atomic E-state index is -3.96. The lowest BCUT2D eigenvalue weighted by atomic mass is 10.1. The molecule has 9 heteroatoms. The molecule has 0 saturated carbocycles. The Morgan fingerprint density at radius 3 is 2.52 bits per heavy atom. The highest BCUT2D eigenvalue weighted by atomic mass is 35.5. The van der Waals surface area contributed by atoms with Crippen molar-refractivity contribution in [3.8, 4) is 5.75 Å². The fraction of sp³-hybridized carbons (Fsp3) is 0.208. The summed E-state index contributed by atoms with van der Waals surface area (Å²) in [6.45, 7) is 1.96. The Balaban J connectivity index is 1.55. The molecule has 0 spiro atoms. The second-order valence-electron chi connectivity index (χ2n) is 7.74. The molecule has 1 atom stereocenters. The summed E-state index contributed by atoms with van der Waals surface area (Å²) in [4.78, 5) is 12.9. The molecule has 6 nitrogen and oxygen atoms in total. The van der Waals surface area contributed by atoms with E-state index in [1.165, 1.54) is 30.3 Å². The molecule has 33 heavy (non-hydrogen) atoms. The Labute approximate surface area is 197 Å². The monoisotopic (exact) mass is 488 g/mol. The molecule has 4 rings (SSSR count). The van der Waals surface area contributed by atoms with Crippen LogP contribution in [0.1, 0.15) is 11.1 Å². The molecule has 1 aliphatic rings. The molecular weight excluding hydrogens is 467 g/mol. The van der Waals surface area contributed by atoms with Crippen LogP contribution in [0.3, 0.4) is 0 Å². The van der Waals surface area contributed by atoms with Crippen LogP contribution in [0, 0.1) is 12.7 Å². The van der Waals surface area contributed by atoms with E-state index in [1.54, 1.807) is 36.4 Å². The summed E-state index contributed by atoms with van der Waals surface area (Å²) < 4.78 is 46.9. The van der Waals surface area contributed by atoms with Crippen LogP contribution in [0.2, 0.25) is 5.02 Å². The normalized spacial score (nSPS) is 15.5. The van der Waals surface area contributed by atoms with E-state index < -0.39 is 22.0 Å². The van der Waals surface area contributed by atoms with Crippen molar-refractivity contribution in [3.05, 3.63) is 88.7 Å². The minimum Gasteiger partial charge on any atom is -0.476 e. The number of anilines is 1. The van der Waals surface area contributed by atoms with Gasteiger partial charge >= 0.3 is 0 Å². The van der Waals surface area contributed by atoms with E-state index in [-0.39, 0.29) is 28.7 Å². The number of aryl methyl sites for hydroxylation is 1. The highest BCUT2D eigenvalue weighted by Gasteiger charge is 2.37. The summed E-state index contributed by atoms with van der Waals surface area (Å²) >= 11 is 6.11. The molecule has 0 radical (unpaired) electrons. The van der Waals surface area contributed by atoms with Gasteiger partial charge in [-0.25, -0.2) is 12.8 Å². The number of fused-ring (bicyclic) bond motifs is 1. The molecule has 1 N–H and O–H groups in total. The van der Waals surface area contributed by atoms with Crippen molar-refractivity contribution in [3.63, 3.8) is 0 Å². The average Bonchev–Trinajstić information content (AvgIpc) is 2.80. The Morgan fingerprint density at radius 1 is 1.12 bits per heavy atom. The zero-order valence-electron chi connectivity index (χ0n) is 17.8. The number of nitrogens with zero attached hydrogens (tertiary/aromatic N) is 1. The Morgan fingerprint density at radius 2 is 1.82 bits per heavy atom. The van der Waals surface area contributed by atoms with Gasteiger partial charge in [0.15, 0.2) is 6.10 Å². The maximum absolute atomic E-state index is 13.4.